The van der Waals surface area contributed by atoms with Gasteiger partial charge in [-0.25, -0.2) is 14.4 Å². The first-order valence-electron chi connectivity index (χ1n) is 11.2. The van der Waals surface area contributed by atoms with Crippen molar-refractivity contribution in [2.45, 2.75) is 13.8 Å². The first-order chi connectivity index (χ1) is 17.8. The second-order valence-electron chi connectivity index (χ2n) is 7.82. The molecule has 0 aliphatic rings. The van der Waals surface area contributed by atoms with Gasteiger partial charge in [0.2, 0.25) is 13.6 Å². The Labute approximate surface area is 214 Å². The molecule has 0 spiro atoms. The molecule has 0 aliphatic heterocycles. The van der Waals surface area contributed by atoms with E-state index in [-0.39, 0.29) is 13.6 Å². The van der Waals surface area contributed by atoms with Crippen molar-refractivity contribution in [2.24, 2.45) is 0 Å². The van der Waals surface area contributed by atoms with E-state index in [4.69, 9.17) is 23.7 Å². The number of carbonyl (C=O) groups excluding carboxylic acids is 3. The number of ether oxygens (including phenoxy) is 5. The molecule has 3 aromatic rings. The standard InChI is InChI=1S/C29H26O8/c1-5-27(30)35-17-34-25-14-15-26(20(4)16-25)37-29(32)23-8-6-21(7-9-23)22-10-12-24(13-11-22)33-18-36-28(31)19(2)3/h5-16H,1-2,17-18H2,3-4H3. The summed E-state index contributed by atoms with van der Waals surface area (Å²) in [5.74, 6) is -0.213. The molecule has 3 aromatic carbocycles. The van der Waals surface area contributed by atoms with E-state index in [9.17, 15) is 14.4 Å². The van der Waals surface area contributed by atoms with E-state index >= 15 is 0 Å². The fourth-order valence-electron chi connectivity index (χ4n) is 3.02. The average Bonchev–Trinajstić information content (AvgIpc) is 2.90. The highest BCUT2D eigenvalue weighted by atomic mass is 16.7. The van der Waals surface area contributed by atoms with E-state index in [2.05, 4.69) is 13.2 Å². The second-order valence-corrected chi connectivity index (χ2v) is 7.82. The predicted octanol–water partition coefficient (Wildman–Crippen LogP) is 5.40. The molecule has 0 radical (unpaired) electrons. The number of hydrogen-bond acceptors (Lipinski definition) is 8. The normalized spacial score (nSPS) is 10.1. The molecule has 0 saturated heterocycles. The Kier molecular flexibility index (Phi) is 9.21. The van der Waals surface area contributed by atoms with Crippen molar-refractivity contribution in [1.29, 1.82) is 0 Å². The van der Waals surface area contributed by atoms with Crippen LogP contribution >= 0.6 is 0 Å². The second kappa shape index (κ2) is 12.7. The van der Waals surface area contributed by atoms with Crippen molar-refractivity contribution in [3.8, 4) is 28.4 Å². The molecule has 0 atom stereocenters. The summed E-state index contributed by atoms with van der Waals surface area (Å²) in [7, 11) is 0. The van der Waals surface area contributed by atoms with Gasteiger partial charge < -0.3 is 23.7 Å². The first kappa shape index (κ1) is 26.7. The molecular weight excluding hydrogens is 476 g/mol. The summed E-state index contributed by atoms with van der Waals surface area (Å²) in [5.41, 5.74) is 3.17. The van der Waals surface area contributed by atoms with Crippen LogP contribution in [0, 0.1) is 6.92 Å². The van der Waals surface area contributed by atoms with Gasteiger partial charge in [0.25, 0.3) is 0 Å². The third kappa shape index (κ3) is 7.83. The fraction of sp³-hybridized carbons (Fsp3) is 0.138. The van der Waals surface area contributed by atoms with Crippen LogP contribution in [0.1, 0.15) is 22.8 Å². The maximum absolute atomic E-state index is 12.6. The van der Waals surface area contributed by atoms with Gasteiger partial charge in [0.15, 0.2) is 0 Å². The van der Waals surface area contributed by atoms with Crippen molar-refractivity contribution in [3.05, 3.63) is 103 Å². The topological polar surface area (TPSA) is 97.4 Å². The molecule has 0 fully saturated rings. The first-order valence-corrected chi connectivity index (χ1v) is 11.2. The highest BCUT2D eigenvalue weighted by Crippen LogP contribution is 2.26. The summed E-state index contributed by atoms with van der Waals surface area (Å²) >= 11 is 0. The van der Waals surface area contributed by atoms with E-state index in [0.29, 0.717) is 33.9 Å². The monoisotopic (exact) mass is 502 g/mol. The molecule has 37 heavy (non-hydrogen) atoms. The Morgan fingerprint density at radius 2 is 1.38 bits per heavy atom. The van der Waals surface area contributed by atoms with Crippen LogP contribution in [0.4, 0.5) is 0 Å². The van der Waals surface area contributed by atoms with Crippen LogP contribution in [0.15, 0.2) is 91.5 Å². The maximum Gasteiger partial charge on any atom is 0.343 e. The van der Waals surface area contributed by atoms with Crippen LogP contribution in [0.25, 0.3) is 11.1 Å². The number of carbonyl (C=O) groups is 3. The molecule has 0 amide bonds. The highest BCUT2D eigenvalue weighted by Gasteiger charge is 2.12. The molecule has 0 N–H and O–H groups in total. The predicted molar refractivity (Wildman–Crippen MR) is 136 cm³/mol. The van der Waals surface area contributed by atoms with E-state index in [0.717, 1.165) is 17.2 Å². The van der Waals surface area contributed by atoms with Crippen molar-refractivity contribution < 1.29 is 38.1 Å². The van der Waals surface area contributed by atoms with Gasteiger partial charge in [-0.05, 0) is 73.0 Å². The summed E-state index contributed by atoms with van der Waals surface area (Å²) in [6.07, 6.45) is 1.05. The minimum absolute atomic E-state index is 0.206. The van der Waals surface area contributed by atoms with Gasteiger partial charge in [0.1, 0.15) is 17.2 Å². The minimum Gasteiger partial charge on any atom is -0.457 e. The number of hydrogen-bond donors (Lipinski definition) is 0. The summed E-state index contributed by atoms with van der Waals surface area (Å²) in [6, 6.07) is 19.1. The minimum atomic E-state index is -0.585. The Morgan fingerprint density at radius 1 is 0.811 bits per heavy atom. The lowest BCUT2D eigenvalue weighted by molar-refractivity contribution is -0.145. The molecule has 8 heteroatoms. The quantitative estimate of drug-likeness (QED) is 0.149. The Hall–Kier alpha value is -4.85. The largest absolute Gasteiger partial charge is 0.457 e. The smallest absolute Gasteiger partial charge is 0.343 e. The zero-order chi connectivity index (χ0) is 26.8. The summed E-state index contributed by atoms with van der Waals surface area (Å²) in [6.45, 7) is 9.69. The third-order valence-corrected chi connectivity index (χ3v) is 5.01. The van der Waals surface area contributed by atoms with Crippen molar-refractivity contribution in [2.75, 3.05) is 13.6 Å². The Balaban J connectivity index is 1.55. The van der Waals surface area contributed by atoms with Crippen molar-refractivity contribution in [1.82, 2.24) is 0 Å². The van der Waals surface area contributed by atoms with Crippen LogP contribution in [-0.4, -0.2) is 31.5 Å². The van der Waals surface area contributed by atoms with Gasteiger partial charge in [0, 0.05) is 11.6 Å². The van der Waals surface area contributed by atoms with Gasteiger partial charge in [-0.15, -0.1) is 0 Å². The Bertz CT molecular complexity index is 1290. The third-order valence-electron chi connectivity index (χ3n) is 5.01. The molecule has 3 rings (SSSR count). The van der Waals surface area contributed by atoms with Crippen LogP contribution in [0.3, 0.4) is 0 Å². The lowest BCUT2D eigenvalue weighted by Crippen LogP contribution is -2.10. The molecule has 0 heterocycles. The molecular formula is C29H26O8. The van der Waals surface area contributed by atoms with E-state index in [1.54, 1.807) is 56.3 Å². The number of benzene rings is 3. The van der Waals surface area contributed by atoms with Gasteiger partial charge in [0.05, 0.1) is 5.56 Å². The van der Waals surface area contributed by atoms with E-state index in [1.165, 1.54) is 0 Å². The van der Waals surface area contributed by atoms with Crippen LogP contribution in [-0.2, 0) is 19.1 Å². The lowest BCUT2D eigenvalue weighted by atomic mass is 10.0. The van der Waals surface area contributed by atoms with Gasteiger partial charge in [-0.1, -0.05) is 37.4 Å². The molecule has 0 unspecified atom stereocenters. The summed E-state index contributed by atoms with van der Waals surface area (Å²) in [5, 5.41) is 0. The van der Waals surface area contributed by atoms with Gasteiger partial charge >= 0.3 is 17.9 Å². The Morgan fingerprint density at radius 3 is 1.97 bits per heavy atom. The molecule has 0 bridgehead atoms. The molecule has 0 aliphatic carbocycles. The van der Waals surface area contributed by atoms with Crippen LogP contribution in [0.2, 0.25) is 0 Å². The van der Waals surface area contributed by atoms with Crippen LogP contribution in [0.5, 0.6) is 17.2 Å². The van der Waals surface area contributed by atoms with Gasteiger partial charge in [-0.2, -0.15) is 0 Å². The SMILES string of the molecule is C=CC(=O)OCOc1ccc(OC(=O)c2ccc(-c3ccc(OCOC(=O)C(=C)C)cc3)cc2)c(C)c1. The summed E-state index contributed by atoms with van der Waals surface area (Å²) in [4.78, 5) is 35.1. The average molecular weight is 503 g/mol. The van der Waals surface area contributed by atoms with E-state index in [1.807, 2.05) is 24.3 Å². The number of aryl methyl sites for hydroxylation is 1. The fourth-order valence-corrected chi connectivity index (χ4v) is 3.02. The lowest BCUT2D eigenvalue weighted by Gasteiger charge is -2.11. The van der Waals surface area contributed by atoms with Crippen LogP contribution < -0.4 is 14.2 Å². The highest BCUT2D eigenvalue weighted by molar-refractivity contribution is 5.92. The molecule has 8 nitrogen and oxygen atoms in total. The zero-order valence-electron chi connectivity index (χ0n) is 20.5. The molecule has 0 aromatic heterocycles. The zero-order valence-corrected chi connectivity index (χ0v) is 20.5. The number of esters is 3. The molecule has 190 valence electrons. The summed E-state index contributed by atoms with van der Waals surface area (Å²) < 4.78 is 26.0. The molecule has 0 saturated carbocycles. The van der Waals surface area contributed by atoms with Crippen molar-refractivity contribution in [3.63, 3.8) is 0 Å². The van der Waals surface area contributed by atoms with Crippen molar-refractivity contribution >= 4 is 17.9 Å². The maximum atomic E-state index is 12.6. The number of rotatable bonds is 11. The van der Waals surface area contributed by atoms with E-state index < -0.39 is 17.9 Å². The van der Waals surface area contributed by atoms with Gasteiger partial charge in [-0.3, -0.25) is 0 Å².